The summed E-state index contributed by atoms with van der Waals surface area (Å²) in [6.45, 7) is 7.47. The number of hydrogen-bond donors (Lipinski definition) is 1. The maximum atomic E-state index is 12.5. The van der Waals surface area contributed by atoms with Crippen molar-refractivity contribution in [2.24, 2.45) is 0 Å². The highest BCUT2D eigenvalue weighted by Crippen LogP contribution is 2.16. The van der Waals surface area contributed by atoms with Gasteiger partial charge in [-0.15, -0.1) is 0 Å². The van der Waals surface area contributed by atoms with Crippen molar-refractivity contribution in [3.05, 3.63) is 91.8 Å². The first-order valence-corrected chi connectivity index (χ1v) is 9.02. The Morgan fingerprint density at radius 2 is 1.54 bits per heavy atom. The molecule has 0 spiro atoms. The molecule has 0 saturated carbocycles. The van der Waals surface area contributed by atoms with Crippen molar-refractivity contribution < 1.29 is 4.79 Å². The van der Waals surface area contributed by atoms with Crippen LogP contribution in [0.25, 0.3) is 5.69 Å². The van der Waals surface area contributed by atoms with Gasteiger partial charge in [-0.1, -0.05) is 18.2 Å². The molecule has 6 nitrogen and oxygen atoms in total. The van der Waals surface area contributed by atoms with Gasteiger partial charge in [0.2, 0.25) is 5.91 Å². The van der Waals surface area contributed by atoms with Crippen LogP contribution < -0.4 is 16.4 Å². The summed E-state index contributed by atoms with van der Waals surface area (Å²) in [5, 5.41) is 2.80. The van der Waals surface area contributed by atoms with E-state index in [0.29, 0.717) is 11.4 Å². The monoisotopic (exact) mass is 377 g/mol. The summed E-state index contributed by atoms with van der Waals surface area (Å²) >= 11 is 0. The highest BCUT2D eigenvalue weighted by atomic mass is 16.2. The van der Waals surface area contributed by atoms with Crippen molar-refractivity contribution in [2.45, 2.75) is 34.2 Å². The van der Waals surface area contributed by atoms with E-state index in [1.165, 1.54) is 17.0 Å². The number of hydrogen-bond acceptors (Lipinski definition) is 3. The summed E-state index contributed by atoms with van der Waals surface area (Å²) < 4.78 is 2.43. The van der Waals surface area contributed by atoms with Crippen LogP contribution in [0.4, 0.5) is 5.69 Å². The van der Waals surface area contributed by atoms with Crippen molar-refractivity contribution in [1.82, 2.24) is 9.13 Å². The van der Waals surface area contributed by atoms with E-state index in [1.54, 1.807) is 0 Å². The normalized spacial score (nSPS) is 10.7. The lowest BCUT2D eigenvalue weighted by Crippen LogP contribution is -2.41. The van der Waals surface area contributed by atoms with Crippen molar-refractivity contribution in [3.8, 4) is 5.69 Å². The van der Waals surface area contributed by atoms with Gasteiger partial charge in [-0.2, -0.15) is 0 Å². The lowest BCUT2D eigenvalue weighted by atomic mass is 10.1. The second-order valence-corrected chi connectivity index (χ2v) is 7.12. The molecule has 1 amide bonds. The fourth-order valence-electron chi connectivity index (χ4n) is 3.14. The van der Waals surface area contributed by atoms with Gasteiger partial charge < -0.3 is 5.32 Å². The number of anilines is 1. The van der Waals surface area contributed by atoms with E-state index in [2.05, 4.69) is 5.32 Å². The van der Waals surface area contributed by atoms with E-state index < -0.39 is 11.1 Å². The van der Waals surface area contributed by atoms with Gasteiger partial charge in [0.1, 0.15) is 6.54 Å². The number of carbonyl (C=O) groups excluding carboxylic acids is 1. The maximum absolute atomic E-state index is 12.5. The number of amides is 1. The van der Waals surface area contributed by atoms with Crippen LogP contribution in [0.2, 0.25) is 0 Å². The highest BCUT2D eigenvalue weighted by molar-refractivity contribution is 5.91. The molecule has 1 heterocycles. The van der Waals surface area contributed by atoms with Gasteiger partial charge in [0.15, 0.2) is 0 Å². The van der Waals surface area contributed by atoms with E-state index in [0.717, 1.165) is 26.8 Å². The second kappa shape index (κ2) is 7.68. The van der Waals surface area contributed by atoms with Crippen LogP contribution in [-0.2, 0) is 11.3 Å². The van der Waals surface area contributed by atoms with Crippen LogP contribution in [0.15, 0.2) is 58.4 Å². The number of aryl methyl sites for hydroxylation is 4. The largest absolute Gasteiger partial charge is 0.324 e. The third-order valence-corrected chi connectivity index (χ3v) is 4.52. The number of aromatic nitrogens is 2. The first kappa shape index (κ1) is 19.4. The van der Waals surface area contributed by atoms with Crippen molar-refractivity contribution in [2.75, 3.05) is 5.32 Å². The standard InChI is InChI=1S/C22H23N3O3/c1-14-5-6-17(4)19(12-14)23-20(26)13-24-7-8-25(22(28)21(24)27)18-10-15(2)9-16(3)11-18/h5-12H,13H2,1-4H3,(H,23,26). The predicted molar refractivity (Wildman–Crippen MR) is 110 cm³/mol. The number of benzene rings is 2. The Kier molecular flexibility index (Phi) is 5.31. The van der Waals surface area contributed by atoms with Gasteiger partial charge in [0, 0.05) is 23.8 Å². The van der Waals surface area contributed by atoms with Gasteiger partial charge in [-0.25, -0.2) is 0 Å². The first-order chi connectivity index (χ1) is 13.2. The van der Waals surface area contributed by atoms with Gasteiger partial charge in [-0.3, -0.25) is 23.5 Å². The molecular weight excluding hydrogens is 354 g/mol. The van der Waals surface area contributed by atoms with Crippen LogP contribution in [0.1, 0.15) is 22.3 Å². The predicted octanol–water partition coefficient (Wildman–Crippen LogP) is 2.87. The highest BCUT2D eigenvalue weighted by Gasteiger charge is 2.11. The molecule has 144 valence electrons. The Morgan fingerprint density at radius 3 is 2.21 bits per heavy atom. The lowest BCUT2D eigenvalue weighted by Gasteiger charge is -2.12. The fourth-order valence-corrected chi connectivity index (χ4v) is 3.14. The summed E-state index contributed by atoms with van der Waals surface area (Å²) in [5.74, 6) is -0.362. The van der Waals surface area contributed by atoms with Crippen molar-refractivity contribution in [1.29, 1.82) is 0 Å². The Balaban J connectivity index is 1.87. The van der Waals surface area contributed by atoms with Crippen LogP contribution in [-0.4, -0.2) is 15.0 Å². The molecule has 0 unspecified atom stereocenters. The number of rotatable bonds is 4. The minimum Gasteiger partial charge on any atom is -0.324 e. The summed E-state index contributed by atoms with van der Waals surface area (Å²) in [7, 11) is 0. The molecule has 0 bridgehead atoms. The first-order valence-electron chi connectivity index (χ1n) is 9.02. The second-order valence-electron chi connectivity index (χ2n) is 7.12. The molecule has 3 rings (SSSR count). The van der Waals surface area contributed by atoms with Crippen molar-refractivity contribution >= 4 is 11.6 Å². The third-order valence-electron chi connectivity index (χ3n) is 4.52. The van der Waals surface area contributed by atoms with Crippen LogP contribution in [0.5, 0.6) is 0 Å². The average Bonchev–Trinajstić information content (AvgIpc) is 2.61. The third kappa shape index (κ3) is 4.11. The zero-order chi connectivity index (χ0) is 20.4. The van der Waals surface area contributed by atoms with E-state index in [4.69, 9.17) is 0 Å². The molecule has 3 aromatic rings. The van der Waals surface area contributed by atoms with Crippen LogP contribution >= 0.6 is 0 Å². The molecule has 0 aliphatic heterocycles. The Morgan fingerprint density at radius 1 is 0.857 bits per heavy atom. The van der Waals surface area contributed by atoms with Crippen LogP contribution in [0.3, 0.4) is 0 Å². The average molecular weight is 377 g/mol. The summed E-state index contributed by atoms with van der Waals surface area (Å²) in [5.41, 5.74) is 3.85. The lowest BCUT2D eigenvalue weighted by molar-refractivity contribution is -0.116. The van der Waals surface area contributed by atoms with Gasteiger partial charge in [-0.05, 0) is 68.1 Å². The Hall–Kier alpha value is -3.41. The van der Waals surface area contributed by atoms with Crippen LogP contribution in [0, 0.1) is 27.7 Å². The maximum Gasteiger partial charge on any atom is 0.320 e. The summed E-state index contributed by atoms with van der Waals surface area (Å²) in [6.07, 6.45) is 2.98. The van der Waals surface area contributed by atoms with E-state index in [9.17, 15) is 14.4 Å². The minimum absolute atomic E-state index is 0.227. The number of nitrogens with zero attached hydrogens (tertiary/aromatic N) is 2. The molecular formula is C22H23N3O3. The van der Waals surface area contributed by atoms with Crippen molar-refractivity contribution in [3.63, 3.8) is 0 Å². The zero-order valence-corrected chi connectivity index (χ0v) is 16.4. The SMILES string of the molecule is Cc1cc(C)cc(-n2ccn(CC(=O)Nc3cc(C)ccc3C)c(=O)c2=O)c1. The van der Waals surface area contributed by atoms with E-state index in [-0.39, 0.29) is 12.5 Å². The topological polar surface area (TPSA) is 73.1 Å². The van der Waals surface area contributed by atoms with Gasteiger partial charge in [0.25, 0.3) is 0 Å². The number of carbonyl (C=O) groups is 1. The molecule has 2 aromatic carbocycles. The molecule has 6 heteroatoms. The smallest absolute Gasteiger partial charge is 0.320 e. The number of nitrogens with one attached hydrogen (secondary N) is 1. The molecule has 0 atom stereocenters. The Bertz CT molecular complexity index is 1150. The molecule has 1 aromatic heterocycles. The quantitative estimate of drug-likeness (QED) is 0.711. The summed E-state index contributed by atoms with van der Waals surface area (Å²) in [4.78, 5) is 37.4. The molecule has 28 heavy (non-hydrogen) atoms. The zero-order valence-electron chi connectivity index (χ0n) is 16.4. The minimum atomic E-state index is -0.738. The van der Waals surface area contributed by atoms with E-state index in [1.807, 2.05) is 64.1 Å². The van der Waals surface area contributed by atoms with E-state index >= 15 is 0 Å². The molecule has 0 aliphatic carbocycles. The van der Waals surface area contributed by atoms with Gasteiger partial charge >= 0.3 is 11.1 Å². The summed E-state index contributed by atoms with van der Waals surface area (Å²) in [6, 6.07) is 11.4. The molecule has 1 N–H and O–H groups in total. The molecule has 0 saturated heterocycles. The molecule has 0 radical (unpaired) electrons. The molecule has 0 aliphatic rings. The fraction of sp³-hybridized carbons (Fsp3) is 0.227. The van der Waals surface area contributed by atoms with Gasteiger partial charge in [0.05, 0.1) is 0 Å². The Labute approximate surface area is 163 Å². The molecule has 0 fully saturated rings.